The Morgan fingerprint density at radius 3 is 2.86 bits per heavy atom. The molecule has 1 heterocycles. The van der Waals surface area contributed by atoms with Gasteiger partial charge in [-0.2, -0.15) is 0 Å². The maximum atomic E-state index is 12.3. The molecule has 0 radical (unpaired) electrons. The topological polar surface area (TPSA) is 35.6 Å². The van der Waals surface area contributed by atoms with Crippen LogP contribution in [-0.2, 0) is 11.3 Å². The molecule has 1 saturated heterocycles. The first kappa shape index (κ1) is 16.0. The lowest BCUT2D eigenvalue weighted by atomic mass is 10.1. The maximum Gasteiger partial charge on any atom is 0.237 e. The van der Waals surface area contributed by atoms with E-state index in [4.69, 9.17) is 0 Å². The van der Waals surface area contributed by atoms with Crippen molar-refractivity contribution in [2.45, 2.75) is 32.4 Å². The van der Waals surface area contributed by atoms with E-state index in [0.29, 0.717) is 0 Å². The highest BCUT2D eigenvalue weighted by Crippen LogP contribution is 2.20. The Kier molecular flexibility index (Phi) is 6.21. The Hall–Kier alpha value is -1.39. The van der Waals surface area contributed by atoms with E-state index in [1.165, 1.54) is 5.56 Å². The van der Waals surface area contributed by atoms with Gasteiger partial charge in [-0.25, -0.2) is 0 Å². The second kappa shape index (κ2) is 8.15. The summed E-state index contributed by atoms with van der Waals surface area (Å²) in [6.07, 6.45) is 2.09. The zero-order valence-corrected chi connectivity index (χ0v) is 13.2. The molecule has 116 valence electrons. The van der Waals surface area contributed by atoms with E-state index in [9.17, 15) is 4.79 Å². The van der Waals surface area contributed by atoms with Crippen LogP contribution in [0, 0.1) is 0 Å². The average Bonchev–Trinajstić information content (AvgIpc) is 2.96. The predicted molar refractivity (Wildman–Crippen MR) is 86.1 cm³/mol. The fraction of sp³-hybridized carbons (Fsp3) is 0.588. The van der Waals surface area contributed by atoms with E-state index in [2.05, 4.69) is 53.4 Å². The molecule has 4 heteroatoms. The number of hydrogen-bond acceptors (Lipinski definition) is 3. The molecule has 1 aromatic rings. The van der Waals surface area contributed by atoms with Crippen LogP contribution in [0.4, 0.5) is 0 Å². The first-order valence-corrected chi connectivity index (χ1v) is 7.95. The SMILES string of the molecule is CCN(C)CCNC(=O)C1CCCN1Cc1ccccc1. The van der Waals surface area contributed by atoms with Crippen LogP contribution in [0.25, 0.3) is 0 Å². The highest BCUT2D eigenvalue weighted by molar-refractivity contribution is 5.82. The number of nitrogens with one attached hydrogen (secondary N) is 1. The Labute approximate surface area is 128 Å². The van der Waals surface area contributed by atoms with E-state index in [1.54, 1.807) is 0 Å². The molecule has 1 aromatic carbocycles. The molecule has 1 fully saturated rings. The molecule has 21 heavy (non-hydrogen) atoms. The molecule has 4 nitrogen and oxygen atoms in total. The number of benzene rings is 1. The maximum absolute atomic E-state index is 12.3. The van der Waals surface area contributed by atoms with Crippen LogP contribution in [0.2, 0.25) is 0 Å². The predicted octanol–water partition coefficient (Wildman–Crippen LogP) is 1.72. The average molecular weight is 289 g/mol. The molecule has 1 aliphatic rings. The van der Waals surface area contributed by atoms with Gasteiger partial charge in [-0.15, -0.1) is 0 Å². The Morgan fingerprint density at radius 2 is 2.14 bits per heavy atom. The third-order valence-corrected chi connectivity index (χ3v) is 4.23. The van der Waals surface area contributed by atoms with Crippen LogP contribution in [0.3, 0.4) is 0 Å². The summed E-state index contributed by atoms with van der Waals surface area (Å²) in [5, 5.41) is 3.08. The van der Waals surface area contributed by atoms with Gasteiger partial charge in [-0.1, -0.05) is 37.3 Å². The van der Waals surface area contributed by atoms with E-state index in [0.717, 1.165) is 45.6 Å². The van der Waals surface area contributed by atoms with Gasteiger partial charge in [-0.05, 0) is 38.5 Å². The highest BCUT2D eigenvalue weighted by Gasteiger charge is 2.30. The van der Waals surface area contributed by atoms with Crippen molar-refractivity contribution in [1.29, 1.82) is 0 Å². The van der Waals surface area contributed by atoms with Crippen molar-refractivity contribution >= 4 is 5.91 Å². The van der Waals surface area contributed by atoms with Crippen molar-refractivity contribution in [3.05, 3.63) is 35.9 Å². The van der Waals surface area contributed by atoms with Gasteiger partial charge in [0.25, 0.3) is 0 Å². The van der Waals surface area contributed by atoms with Gasteiger partial charge in [0, 0.05) is 19.6 Å². The minimum Gasteiger partial charge on any atom is -0.353 e. The van der Waals surface area contributed by atoms with Crippen molar-refractivity contribution < 1.29 is 4.79 Å². The molecule has 1 aliphatic heterocycles. The lowest BCUT2D eigenvalue weighted by Gasteiger charge is -2.24. The normalized spacial score (nSPS) is 19.1. The summed E-state index contributed by atoms with van der Waals surface area (Å²) in [5.41, 5.74) is 1.28. The molecule has 0 saturated carbocycles. The molecule has 1 amide bonds. The van der Waals surface area contributed by atoms with E-state index in [1.807, 2.05) is 6.07 Å². The van der Waals surface area contributed by atoms with Crippen LogP contribution in [0.1, 0.15) is 25.3 Å². The van der Waals surface area contributed by atoms with Gasteiger partial charge in [0.2, 0.25) is 5.91 Å². The van der Waals surface area contributed by atoms with E-state index >= 15 is 0 Å². The number of amides is 1. The van der Waals surface area contributed by atoms with Gasteiger partial charge < -0.3 is 10.2 Å². The first-order chi connectivity index (χ1) is 10.2. The van der Waals surface area contributed by atoms with Gasteiger partial charge in [0.15, 0.2) is 0 Å². The second-order valence-corrected chi connectivity index (χ2v) is 5.80. The fourth-order valence-electron chi connectivity index (χ4n) is 2.78. The molecule has 0 spiro atoms. The number of carbonyl (C=O) groups excluding carboxylic acids is 1. The number of rotatable bonds is 7. The molecule has 0 aromatic heterocycles. The minimum atomic E-state index is 0.0390. The molecule has 0 bridgehead atoms. The molecule has 2 rings (SSSR count). The third kappa shape index (κ3) is 4.83. The molecule has 0 aliphatic carbocycles. The summed E-state index contributed by atoms with van der Waals surface area (Å²) in [6.45, 7) is 6.67. The third-order valence-electron chi connectivity index (χ3n) is 4.23. The van der Waals surface area contributed by atoms with Gasteiger partial charge in [-0.3, -0.25) is 9.69 Å². The fourth-order valence-corrected chi connectivity index (χ4v) is 2.78. The van der Waals surface area contributed by atoms with Crippen LogP contribution in [0.15, 0.2) is 30.3 Å². The van der Waals surface area contributed by atoms with Gasteiger partial charge in [0.1, 0.15) is 0 Å². The molecule has 1 N–H and O–H groups in total. The Balaban J connectivity index is 1.82. The molecule has 1 unspecified atom stereocenters. The smallest absolute Gasteiger partial charge is 0.237 e. The van der Waals surface area contributed by atoms with Crippen molar-refractivity contribution in [2.24, 2.45) is 0 Å². The van der Waals surface area contributed by atoms with Crippen molar-refractivity contribution in [3.63, 3.8) is 0 Å². The van der Waals surface area contributed by atoms with E-state index in [-0.39, 0.29) is 11.9 Å². The lowest BCUT2D eigenvalue weighted by Crippen LogP contribution is -2.44. The minimum absolute atomic E-state index is 0.0390. The number of hydrogen-bond donors (Lipinski definition) is 1. The number of carbonyl (C=O) groups is 1. The summed E-state index contributed by atoms with van der Waals surface area (Å²) in [5.74, 6) is 0.188. The number of likely N-dealkylation sites (tertiary alicyclic amines) is 1. The monoisotopic (exact) mass is 289 g/mol. The van der Waals surface area contributed by atoms with Gasteiger partial charge >= 0.3 is 0 Å². The first-order valence-electron chi connectivity index (χ1n) is 7.95. The lowest BCUT2D eigenvalue weighted by molar-refractivity contribution is -0.125. The zero-order valence-electron chi connectivity index (χ0n) is 13.2. The summed E-state index contributed by atoms with van der Waals surface area (Å²) >= 11 is 0. The van der Waals surface area contributed by atoms with Crippen LogP contribution in [0.5, 0.6) is 0 Å². The van der Waals surface area contributed by atoms with Crippen molar-refractivity contribution in [1.82, 2.24) is 15.1 Å². The van der Waals surface area contributed by atoms with E-state index < -0.39 is 0 Å². The molecular formula is C17H27N3O. The Bertz CT molecular complexity index is 435. The van der Waals surface area contributed by atoms with Crippen molar-refractivity contribution in [3.8, 4) is 0 Å². The molecule has 1 atom stereocenters. The molecular weight excluding hydrogens is 262 g/mol. The zero-order chi connectivity index (χ0) is 15.1. The van der Waals surface area contributed by atoms with Crippen LogP contribution < -0.4 is 5.32 Å². The highest BCUT2D eigenvalue weighted by atomic mass is 16.2. The van der Waals surface area contributed by atoms with Crippen molar-refractivity contribution in [2.75, 3.05) is 33.2 Å². The second-order valence-electron chi connectivity index (χ2n) is 5.80. The summed E-state index contributed by atoms with van der Waals surface area (Å²) in [4.78, 5) is 16.8. The quantitative estimate of drug-likeness (QED) is 0.830. The standard InChI is InChI=1S/C17H27N3O/c1-3-19(2)13-11-18-17(21)16-10-7-12-20(16)14-15-8-5-4-6-9-15/h4-6,8-9,16H,3,7,10-14H2,1-2H3,(H,18,21). The van der Waals surface area contributed by atoms with Gasteiger partial charge in [0.05, 0.1) is 6.04 Å². The summed E-state index contributed by atoms with van der Waals surface area (Å²) in [7, 11) is 2.07. The largest absolute Gasteiger partial charge is 0.353 e. The number of nitrogens with zero attached hydrogens (tertiary/aromatic N) is 2. The summed E-state index contributed by atoms with van der Waals surface area (Å²) < 4.78 is 0. The van der Waals surface area contributed by atoms with Crippen LogP contribution in [-0.4, -0.2) is 55.0 Å². The number of likely N-dealkylation sites (N-methyl/N-ethyl adjacent to an activating group) is 1. The summed E-state index contributed by atoms with van der Waals surface area (Å²) in [6, 6.07) is 10.4. The van der Waals surface area contributed by atoms with Crippen LogP contribution >= 0.6 is 0 Å². The Morgan fingerprint density at radius 1 is 1.38 bits per heavy atom.